The van der Waals surface area contributed by atoms with Gasteiger partial charge in [-0.15, -0.1) is 0 Å². The fraction of sp³-hybridized carbons (Fsp3) is 0.722. The smallest absolute Gasteiger partial charge is 0.0271 e. The Morgan fingerprint density at radius 2 is 1.30 bits per heavy atom. The Morgan fingerprint density at radius 1 is 0.800 bits per heavy atom. The van der Waals surface area contributed by atoms with Crippen molar-refractivity contribution in [3.8, 4) is 0 Å². The van der Waals surface area contributed by atoms with Crippen molar-refractivity contribution in [3.05, 3.63) is 30.1 Å². The lowest BCUT2D eigenvalue weighted by Crippen LogP contribution is -2.28. The molecule has 0 bridgehead atoms. The molecule has 2 heteroatoms. The van der Waals surface area contributed by atoms with Crippen LogP contribution < -0.4 is 5.32 Å². The van der Waals surface area contributed by atoms with Crippen LogP contribution in [0.25, 0.3) is 0 Å². The van der Waals surface area contributed by atoms with Crippen molar-refractivity contribution < 1.29 is 0 Å². The molecule has 0 saturated heterocycles. The van der Waals surface area contributed by atoms with Crippen LogP contribution >= 0.6 is 0 Å². The molecule has 2 rings (SSSR count). The minimum atomic E-state index is 0.711. The highest BCUT2D eigenvalue weighted by Gasteiger charge is 2.08. The maximum Gasteiger partial charge on any atom is 0.0271 e. The number of aromatic nitrogens is 1. The fourth-order valence-electron chi connectivity index (χ4n) is 3.13. The van der Waals surface area contributed by atoms with Crippen molar-refractivity contribution >= 4 is 0 Å². The molecule has 2 nitrogen and oxygen atoms in total. The van der Waals surface area contributed by atoms with Crippen LogP contribution in [0.5, 0.6) is 0 Å². The van der Waals surface area contributed by atoms with Crippen molar-refractivity contribution in [2.75, 3.05) is 0 Å². The Labute approximate surface area is 124 Å². The maximum atomic E-state index is 4.08. The summed E-state index contributed by atoms with van der Waals surface area (Å²) in [6.07, 6.45) is 19.4. The Balaban J connectivity index is 1.74. The molecule has 1 aliphatic rings. The average molecular weight is 274 g/mol. The van der Waals surface area contributed by atoms with Gasteiger partial charge in [-0.05, 0) is 30.5 Å². The Kier molecular flexibility index (Phi) is 7.69. The second-order valence-corrected chi connectivity index (χ2v) is 6.19. The van der Waals surface area contributed by atoms with Crippen molar-refractivity contribution in [2.24, 2.45) is 0 Å². The van der Waals surface area contributed by atoms with Gasteiger partial charge in [-0.2, -0.15) is 0 Å². The van der Waals surface area contributed by atoms with Crippen LogP contribution in [0.15, 0.2) is 24.5 Å². The monoisotopic (exact) mass is 274 g/mol. The van der Waals surface area contributed by atoms with E-state index in [9.17, 15) is 0 Å². The van der Waals surface area contributed by atoms with Gasteiger partial charge in [-0.3, -0.25) is 4.98 Å². The largest absolute Gasteiger partial charge is 0.310 e. The Morgan fingerprint density at radius 3 is 1.85 bits per heavy atom. The molecule has 112 valence electrons. The van der Waals surface area contributed by atoms with E-state index in [-0.39, 0.29) is 0 Å². The molecule has 1 aromatic heterocycles. The van der Waals surface area contributed by atoms with E-state index in [1.54, 1.807) is 0 Å². The molecule has 1 N–H and O–H groups in total. The molecular formula is C18H30N2. The summed E-state index contributed by atoms with van der Waals surface area (Å²) in [6, 6.07) is 4.94. The average Bonchev–Trinajstić information content (AvgIpc) is 2.48. The van der Waals surface area contributed by atoms with Crippen LogP contribution in [0.4, 0.5) is 0 Å². The van der Waals surface area contributed by atoms with Crippen LogP contribution in [-0.2, 0) is 6.54 Å². The van der Waals surface area contributed by atoms with Gasteiger partial charge in [-0.1, -0.05) is 57.8 Å². The number of pyridine rings is 1. The fourth-order valence-corrected chi connectivity index (χ4v) is 3.13. The van der Waals surface area contributed by atoms with Gasteiger partial charge in [0, 0.05) is 25.0 Å². The summed E-state index contributed by atoms with van der Waals surface area (Å²) < 4.78 is 0. The third-order valence-electron chi connectivity index (χ3n) is 4.45. The van der Waals surface area contributed by atoms with Gasteiger partial charge in [-0.25, -0.2) is 0 Å². The molecule has 1 saturated carbocycles. The highest BCUT2D eigenvalue weighted by molar-refractivity contribution is 5.09. The first-order chi connectivity index (χ1) is 9.95. The van der Waals surface area contributed by atoms with E-state index >= 15 is 0 Å². The van der Waals surface area contributed by atoms with Gasteiger partial charge in [0.2, 0.25) is 0 Å². The van der Waals surface area contributed by atoms with E-state index in [0.29, 0.717) is 6.04 Å². The second kappa shape index (κ2) is 9.93. The SMILES string of the molecule is c1cc(CNC2CCCCCCCCCCC2)ccn1. The minimum absolute atomic E-state index is 0.711. The van der Waals surface area contributed by atoms with Crippen molar-refractivity contribution in [1.29, 1.82) is 0 Å². The lowest BCUT2D eigenvalue weighted by atomic mass is 9.98. The molecule has 1 aliphatic carbocycles. The zero-order chi connectivity index (χ0) is 13.9. The predicted octanol–water partition coefficient (Wildman–Crippen LogP) is 4.84. The van der Waals surface area contributed by atoms with Crippen molar-refractivity contribution in [2.45, 2.75) is 83.2 Å². The van der Waals surface area contributed by atoms with E-state index in [4.69, 9.17) is 0 Å². The van der Waals surface area contributed by atoms with E-state index in [2.05, 4.69) is 22.4 Å². The molecule has 0 amide bonds. The predicted molar refractivity (Wildman–Crippen MR) is 85.7 cm³/mol. The number of rotatable bonds is 3. The number of hydrogen-bond acceptors (Lipinski definition) is 2. The van der Waals surface area contributed by atoms with Gasteiger partial charge in [0.25, 0.3) is 0 Å². The molecule has 1 aromatic rings. The Hall–Kier alpha value is -0.890. The first kappa shape index (κ1) is 15.5. The van der Waals surface area contributed by atoms with Gasteiger partial charge in [0.05, 0.1) is 0 Å². The topological polar surface area (TPSA) is 24.9 Å². The normalized spacial score (nSPS) is 20.0. The standard InChI is InChI=1S/C18H30N2/c1-2-4-6-8-10-18(11-9-7-5-3-1)20-16-17-12-14-19-15-13-17/h12-15,18,20H,1-11,16H2. The highest BCUT2D eigenvalue weighted by Crippen LogP contribution is 2.17. The molecule has 0 atom stereocenters. The van der Waals surface area contributed by atoms with Crippen LogP contribution in [0, 0.1) is 0 Å². The molecule has 1 heterocycles. The summed E-state index contributed by atoms with van der Waals surface area (Å²) in [4.78, 5) is 4.08. The van der Waals surface area contributed by atoms with Crippen LogP contribution in [0.3, 0.4) is 0 Å². The summed E-state index contributed by atoms with van der Waals surface area (Å²) in [5, 5.41) is 3.76. The first-order valence-corrected chi connectivity index (χ1v) is 8.57. The summed E-state index contributed by atoms with van der Waals surface area (Å²) in [7, 11) is 0. The number of nitrogens with one attached hydrogen (secondary N) is 1. The maximum absolute atomic E-state index is 4.08. The third kappa shape index (κ3) is 6.51. The third-order valence-corrected chi connectivity index (χ3v) is 4.45. The minimum Gasteiger partial charge on any atom is -0.310 e. The van der Waals surface area contributed by atoms with E-state index < -0.39 is 0 Å². The highest BCUT2D eigenvalue weighted by atomic mass is 14.9. The molecule has 0 aliphatic heterocycles. The Bertz CT molecular complexity index is 325. The molecule has 1 fully saturated rings. The molecule has 0 aromatic carbocycles. The molecule has 0 spiro atoms. The van der Waals surface area contributed by atoms with Gasteiger partial charge in [0.15, 0.2) is 0 Å². The first-order valence-electron chi connectivity index (χ1n) is 8.57. The van der Waals surface area contributed by atoms with Crippen molar-refractivity contribution in [3.63, 3.8) is 0 Å². The van der Waals surface area contributed by atoms with E-state index in [1.807, 2.05) is 12.4 Å². The summed E-state index contributed by atoms with van der Waals surface area (Å²) in [6.45, 7) is 0.993. The zero-order valence-corrected chi connectivity index (χ0v) is 12.8. The summed E-state index contributed by atoms with van der Waals surface area (Å²) in [5.74, 6) is 0. The molecule has 20 heavy (non-hydrogen) atoms. The van der Waals surface area contributed by atoms with E-state index in [1.165, 1.54) is 76.2 Å². The number of hydrogen-bond donors (Lipinski definition) is 1. The van der Waals surface area contributed by atoms with Crippen LogP contribution in [0.1, 0.15) is 76.2 Å². The molecular weight excluding hydrogens is 244 g/mol. The molecule has 0 unspecified atom stereocenters. The lowest BCUT2D eigenvalue weighted by molar-refractivity contribution is 0.403. The van der Waals surface area contributed by atoms with Gasteiger partial charge >= 0.3 is 0 Å². The second-order valence-electron chi connectivity index (χ2n) is 6.19. The van der Waals surface area contributed by atoms with Crippen molar-refractivity contribution in [1.82, 2.24) is 10.3 Å². The molecule has 0 radical (unpaired) electrons. The van der Waals surface area contributed by atoms with E-state index in [0.717, 1.165) is 6.54 Å². The zero-order valence-electron chi connectivity index (χ0n) is 12.8. The summed E-state index contributed by atoms with van der Waals surface area (Å²) >= 11 is 0. The quantitative estimate of drug-likeness (QED) is 0.852. The van der Waals surface area contributed by atoms with Gasteiger partial charge < -0.3 is 5.32 Å². The van der Waals surface area contributed by atoms with Crippen LogP contribution in [0.2, 0.25) is 0 Å². The van der Waals surface area contributed by atoms with Gasteiger partial charge in [0.1, 0.15) is 0 Å². The van der Waals surface area contributed by atoms with Crippen LogP contribution in [-0.4, -0.2) is 11.0 Å². The summed E-state index contributed by atoms with van der Waals surface area (Å²) in [5.41, 5.74) is 1.35. The number of nitrogens with zero attached hydrogens (tertiary/aromatic N) is 1. The lowest BCUT2D eigenvalue weighted by Gasteiger charge is -2.19.